The summed E-state index contributed by atoms with van der Waals surface area (Å²) in [5.74, 6) is -0.0820. The molecule has 0 unspecified atom stereocenters. The van der Waals surface area contributed by atoms with Crippen LogP contribution in [0, 0.1) is 5.41 Å². The standard InChI is InChI=1S/C11H18O3/c1-10(2,3)14-9(12)6-11-4-8(5-11)13-7-11/h8H,4-7H2,1-3H3. The molecule has 0 amide bonds. The van der Waals surface area contributed by atoms with Crippen LogP contribution in [0.15, 0.2) is 0 Å². The van der Waals surface area contributed by atoms with E-state index in [-0.39, 0.29) is 17.0 Å². The van der Waals surface area contributed by atoms with Gasteiger partial charge in [-0.05, 0) is 33.6 Å². The molecule has 14 heavy (non-hydrogen) atoms. The third-order valence-electron chi connectivity index (χ3n) is 2.89. The van der Waals surface area contributed by atoms with Crippen molar-refractivity contribution in [2.24, 2.45) is 5.41 Å². The first-order valence-corrected chi connectivity index (χ1v) is 5.22. The topological polar surface area (TPSA) is 35.5 Å². The molecule has 2 saturated heterocycles. The maximum absolute atomic E-state index is 11.6. The molecule has 2 aliphatic heterocycles. The Balaban J connectivity index is 1.83. The summed E-state index contributed by atoms with van der Waals surface area (Å²) in [6.07, 6.45) is 3.05. The number of carbonyl (C=O) groups excluding carboxylic acids is 1. The quantitative estimate of drug-likeness (QED) is 0.636. The zero-order valence-corrected chi connectivity index (χ0v) is 9.13. The minimum atomic E-state index is -0.365. The summed E-state index contributed by atoms with van der Waals surface area (Å²) in [5.41, 5.74) is -0.233. The van der Waals surface area contributed by atoms with Gasteiger partial charge in [-0.1, -0.05) is 0 Å². The second-order valence-electron chi connectivity index (χ2n) is 5.60. The Morgan fingerprint density at radius 2 is 2.14 bits per heavy atom. The van der Waals surface area contributed by atoms with Gasteiger partial charge in [0.15, 0.2) is 0 Å². The number of hydrogen-bond donors (Lipinski definition) is 0. The predicted molar refractivity (Wildman–Crippen MR) is 51.9 cm³/mol. The van der Waals surface area contributed by atoms with Crippen LogP contribution >= 0.6 is 0 Å². The molecule has 0 atom stereocenters. The second-order valence-corrected chi connectivity index (χ2v) is 5.60. The van der Waals surface area contributed by atoms with Crippen LogP contribution < -0.4 is 0 Å². The summed E-state index contributed by atoms with van der Waals surface area (Å²) in [6.45, 7) is 6.45. The number of rotatable bonds is 2. The maximum Gasteiger partial charge on any atom is 0.306 e. The van der Waals surface area contributed by atoms with E-state index in [1.807, 2.05) is 20.8 Å². The highest BCUT2D eigenvalue weighted by Crippen LogP contribution is 2.52. The van der Waals surface area contributed by atoms with Crippen LogP contribution in [0.2, 0.25) is 0 Å². The maximum atomic E-state index is 11.6. The van der Waals surface area contributed by atoms with Crippen LogP contribution in [-0.4, -0.2) is 24.3 Å². The average Bonchev–Trinajstić information content (AvgIpc) is 2.38. The smallest absolute Gasteiger partial charge is 0.306 e. The summed E-state index contributed by atoms with van der Waals surface area (Å²) in [4.78, 5) is 11.6. The van der Waals surface area contributed by atoms with E-state index in [1.165, 1.54) is 0 Å². The van der Waals surface area contributed by atoms with Crippen LogP contribution in [0.1, 0.15) is 40.0 Å². The largest absolute Gasteiger partial charge is 0.460 e. The van der Waals surface area contributed by atoms with Gasteiger partial charge in [-0.3, -0.25) is 4.79 Å². The first-order chi connectivity index (χ1) is 6.39. The normalized spacial score (nSPS) is 35.2. The molecule has 1 aliphatic carbocycles. The fourth-order valence-electron chi connectivity index (χ4n) is 2.32. The Morgan fingerprint density at radius 1 is 1.50 bits per heavy atom. The molecule has 0 N–H and O–H groups in total. The Hall–Kier alpha value is -0.570. The molecule has 80 valence electrons. The highest BCUT2D eigenvalue weighted by atomic mass is 16.6. The fourth-order valence-corrected chi connectivity index (χ4v) is 2.32. The van der Waals surface area contributed by atoms with Crippen molar-refractivity contribution < 1.29 is 14.3 Å². The molecule has 3 rings (SSSR count). The first-order valence-electron chi connectivity index (χ1n) is 5.22. The van der Waals surface area contributed by atoms with E-state index in [4.69, 9.17) is 9.47 Å². The van der Waals surface area contributed by atoms with Crippen molar-refractivity contribution in [2.45, 2.75) is 51.7 Å². The van der Waals surface area contributed by atoms with E-state index >= 15 is 0 Å². The minimum Gasteiger partial charge on any atom is -0.460 e. The van der Waals surface area contributed by atoms with E-state index in [1.54, 1.807) is 0 Å². The van der Waals surface area contributed by atoms with Gasteiger partial charge in [-0.15, -0.1) is 0 Å². The van der Waals surface area contributed by atoms with E-state index in [9.17, 15) is 4.79 Å². The highest BCUT2D eigenvalue weighted by molar-refractivity contribution is 5.71. The molecular weight excluding hydrogens is 180 g/mol. The van der Waals surface area contributed by atoms with Crippen LogP contribution in [0.4, 0.5) is 0 Å². The van der Waals surface area contributed by atoms with Gasteiger partial charge in [0.1, 0.15) is 5.60 Å². The van der Waals surface area contributed by atoms with Gasteiger partial charge in [0.2, 0.25) is 0 Å². The number of fused-ring (bicyclic) bond motifs is 1. The predicted octanol–water partition coefficient (Wildman–Crippen LogP) is 1.90. The third-order valence-corrected chi connectivity index (χ3v) is 2.89. The number of hydrogen-bond acceptors (Lipinski definition) is 3. The van der Waals surface area contributed by atoms with E-state index < -0.39 is 0 Å². The minimum absolute atomic E-state index is 0.0820. The SMILES string of the molecule is CC(C)(C)OC(=O)CC12COC(C1)C2. The van der Waals surface area contributed by atoms with Crippen molar-refractivity contribution in [3.63, 3.8) is 0 Å². The van der Waals surface area contributed by atoms with E-state index in [0.29, 0.717) is 12.5 Å². The summed E-state index contributed by atoms with van der Waals surface area (Å²) < 4.78 is 10.7. The zero-order valence-electron chi connectivity index (χ0n) is 9.13. The number of esters is 1. The lowest BCUT2D eigenvalue weighted by atomic mass is 9.68. The van der Waals surface area contributed by atoms with E-state index in [2.05, 4.69) is 0 Å². The lowest BCUT2D eigenvalue weighted by Gasteiger charge is -2.35. The monoisotopic (exact) mass is 198 g/mol. The molecule has 0 aromatic rings. The lowest BCUT2D eigenvalue weighted by molar-refractivity contribution is -0.158. The van der Waals surface area contributed by atoms with Crippen molar-refractivity contribution in [3.8, 4) is 0 Å². The van der Waals surface area contributed by atoms with Gasteiger partial charge in [0.25, 0.3) is 0 Å². The van der Waals surface area contributed by atoms with Crippen molar-refractivity contribution in [2.75, 3.05) is 6.61 Å². The molecule has 3 nitrogen and oxygen atoms in total. The molecule has 1 saturated carbocycles. The van der Waals surface area contributed by atoms with Gasteiger partial charge >= 0.3 is 5.97 Å². The lowest BCUT2D eigenvalue weighted by Crippen LogP contribution is -2.37. The molecule has 2 bridgehead atoms. The van der Waals surface area contributed by atoms with Gasteiger partial charge in [-0.2, -0.15) is 0 Å². The summed E-state index contributed by atoms with van der Waals surface area (Å²) in [6, 6.07) is 0. The zero-order chi connectivity index (χ0) is 10.4. The molecule has 0 spiro atoms. The number of carbonyl (C=O) groups is 1. The number of ether oxygens (including phenoxy) is 2. The molecular formula is C11H18O3. The van der Waals surface area contributed by atoms with Crippen molar-refractivity contribution >= 4 is 5.97 Å². The Bertz CT molecular complexity index is 240. The van der Waals surface area contributed by atoms with Crippen LogP contribution in [0.5, 0.6) is 0 Å². The third kappa shape index (κ3) is 1.92. The van der Waals surface area contributed by atoms with Crippen molar-refractivity contribution in [3.05, 3.63) is 0 Å². The summed E-state index contributed by atoms with van der Waals surface area (Å²) >= 11 is 0. The molecule has 3 aliphatic rings. The molecule has 0 radical (unpaired) electrons. The van der Waals surface area contributed by atoms with Crippen LogP contribution in [0.3, 0.4) is 0 Å². The van der Waals surface area contributed by atoms with Gasteiger partial charge in [0, 0.05) is 5.41 Å². The summed E-state index contributed by atoms with van der Waals surface area (Å²) in [7, 11) is 0. The van der Waals surface area contributed by atoms with Gasteiger partial charge in [-0.25, -0.2) is 0 Å². The van der Waals surface area contributed by atoms with Crippen molar-refractivity contribution in [1.29, 1.82) is 0 Å². The summed E-state index contributed by atoms with van der Waals surface area (Å²) in [5, 5.41) is 0. The Labute approximate surface area is 84.8 Å². The molecule has 3 fully saturated rings. The van der Waals surface area contributed by atoms with Crippen LogP contribution in [-0.2, 0) is 14.3 Å². The Kier molecular flexibility index (Phi) is 2.11. The second kappa shape index (κ2) is 2.96. The fraction of sp³-hybridized carbons (Fsp3) is 0.909. The van der Waals surface area contributed by atoms with Gasteiger partial charge in [0.05, 0.1) is 19.1 Å². The van der Waals surface area contributed by atoms with Crippen LogP contribution in [0.25, 0.3) is 0 Å². The highest BCUT2D eigenvalue weighted by Gasteiger charge is 2.53. The average molecular weight is 198 g/mol. The first kappa shape index (κ1) is 9.97. The van der Waals surface area contributed by atoms with E-state index in [0.717, 1.165) is 19.4 Å². The molecule has 3 heteroatoms. The van der Waals surface area contributed by atoms with Crippen molar-refractivity contribution in [1.82, 2.24) is 0 Å². The molecule has 2 heterocycles. The molecule has 0 aromatic carbocycles. The molecule has 0 aromatic heterocycles. The Morgan fingerprint density at radius 3 is 2.57 bits per heavy atom. The van der Waals surface area contributed by atoms with Gasteiger partial charge < -0.3 is 9.47 Å².